The first-order valence-corrected chi connectivity index (χ1v) is 3.09. The molecule has 0 rings (SSSR count). The summed E-state index contributed by atoms with van der Waals surface area (Å²) in [6.45, 7) is 6.11. The standard InChI is InChI=1S/C6H13ClO/c1-6(2,3)5(7)8-4/h5H,1-4H3. The van der Waals surface area contributed by atoms with Gasteiger partial charge >= 0.3 is 0 Å². The first kappa shape index (κ1) is 8.25. The van der Waals surface area contributed by atoms with Crippen LogP contribution < -0.4 is 0 Å². The maximum atomic E-state index is 5.72. The summed E-state index contributed by atoms with van der Waals surface area (Å²) in [6, 6.07) is 0. The van der Waals surface area contributed by atoms with Crippen LogP contribution in [-0.4, -0.2) is 12.7 Å². The van der Waals surface area contributed by atoms with E-state index in [0.29, 0.717) is 0 Å². The zero-order valence-corrected chi connectivity index (χ0v) is 6.62. The molecule has 1 atom stereocenters. The third kappa shape index (κ3) is 2.53. The minimum absolute atomic E-state index is 0.0519. The highest BCUT2D eigenvalue weighted by molar-refractivity contribution is 6.20. The van der Waals surface area contributed by atoms with Crippen LogP contribution >= 0.6 is 11.6 Å². The number of halogens is 1. The van der Waals surface area contributed by atoms with E-state index in [0.717, 1.165) is 0 Å². The topological polar surface area (TPSA) is 9.23 Å². The van der Waals surface area contributed by atoms with Crippen molar-refractivity contribution < 1.29 is 4.74 Å². The van der Waals surface area contributed by atoms with Gasteiger partial charge in [0.2, 0.25) is 0 Å². The van der Waals surface area contributed by atoms with E-state index in [1.54, 1.807) is 7.11 Å². The number of hydrogen-bond donors (Lipinski definition) is 0. The van der Waals surface area contributed by atoms with E-state index in [1.165, 1.54) is 0 Å². The fraction of sp³-hybridized carbons (Fsp3) is 1.00. The molecule has 0 aliphatic rings. The molecule has 0 aromatic heterocycles. The first-order valence-electron chi connectivity index (χ1n) is 2.65. The fourth-order valence-electron chi connectivity index (χ4n) is 0.354. The van der Waals surface area contributed by atoms with Crippen molar-refractivity contribution >= 4 is 11.6 Å². The molecule has 0 bridgehead atoms. The van der Waals surface area contributed by atoms with E-state index >= 15 is 0 Å². The molecule has 0 aromatic rings. The van der Waals surface area contributed by atoms with Crippen LogP contribution in [0.3, 0.4) is 0 Å². The zero-order chi connectivity index (χ0) is 6.78. The van der Waals surface area contributed by atoms with Crippen LogP contribution in [0.2, 0.25) is 0 Å². The van der Waals surface area contributed by atoms with Crippen molar-refractivity contribution in [2.75, 3.05) is 7.11 Å². The van der Waals surface area contributed by atoms with Gasteiger partial charge in [0.05, 0.1) is 0 Å². The van der Waals surface area contributed by atoms with E-state index in [4.69, 9.17) is 16.3 Å². The van der Waals surface area contributed by atoms with E-state index in [1.807, 2.05) is 20.8 Å². The highest BCUT2D eigenvalue weighted by Crippen LogP contribution is 2.24. The van der Waals surface area contributed by atoms with Gasteiger partial charge in [-0.3, -0.25) is 0 Å². The molecule has 0 fully saturated rings. The average Bonchev–Trinajstić information content (AvgIpc) is 1.62. The Hall–Kier alpha value is 0.250. The lowest BCUT2D eigenvalue weighted by molar-refractivity contribution is 0.0800. The van der Waals surface area contributed by atoms with E-state index in [9.17, 15) is 0 Å². The number of ether oxygens (including phenoxy) is 1. The highest BCUT2D eigenvalue weighted by atomic mass is 35.5. The molecule has 0 radical (unpaired) electrons. The minimum atomic E-state index is -0.178. The van der Waals surface area contributed by atoms with Crippen LogP contribution in [0.1, 0.15) is 20.8 Å². The summed E-state index contributed by atoms with van der Waals surface area (Å²) in [5, 5.41) is 0. The third-order valence-corrected chi connectivity index (χ3v) is 1.72. The molecule has 2 heteroatoms. The Balaban J connectivity index is 3.62. The molecule has 8 heavy (non-hydrogen) atoms. The summed E-state index contributed by atoms with van der Waals surface area (Å²) < 4.78 is 4.88. The molecule has 0 saturated heterocycles. The quantitative estimate of drug-likeness (QED) is 0.503. The molecular formula is C6H13ClO. The van der Waals surface area contributed by atoms with Crippen molar-refractivity contribution in [3.63, 3.8) is 0 Å². The lowest BCUT2D eigenvalue weighted by Gasteiger charge is -2.22. The molecule has 0 saturated carbocycles. The monoisotopic (exact) mass is 136 g/mol. The van der Waals surface area contributed by atoms with Crippen LogP contribution in [-0.2, 0) is 4.74 Å². The van der Waals surface area contributed by atoms with Crippen molar-refractivity contribution in [3.8, 4) is 0 Å². The first-order chi connectivity index (χ1) is 3.48. The molecule has 1 unspecified atom stereocenters. The maximum absolute atomic E-state index is 5.72. The molecule has 0 aliphatic carbocycles. The molecule has 0 aromatic carbocycles. The maximum Gasteiger partial charge on any atom is 0.135 e. The minimum Gasteiger partial charge on any atom is -0.365 e. The summed E-state index contributed by atoms with van der Waals surface area (Å²) >= 11 is 5.72. The van der Waals surface area contributed by atoms with Crippen LogP contribution in [0.4, 0.5) is 0 Å². The summed E-state index contributed by atoms with van der Waals surface area (Å²) in [7, 11) is 1.61. The molecular weight excluding hydrogens is 124 g/mol. The van der Waals surface area contributed by atoms with Crippen LogP contribution in [0.5, 0.6) is 0 Å². The van der Waals surface area contributed by atoms with Crippen molar-refractivity contribution in [1.82, 2.24) is 0 Å². The van der Waals surface area contributed by atoms with Crippen molar-refractivity contribution in [1.29, 1.82) is 0 Å². The van der Waals surface area contributed by atoms with Gasteiger partial charge in [-0.05, 0) is 0 Å². The largest absolute Gasteiger partial charge is 0.365 e. The zero-order valence-electron chi connectivity index (χ0n) is 5.86. The lowest BCUT2D eigenvalue weighted by Crippen LogP contribution is -2.21. The predicted molar refractivity (Wildman–Crippen MR) is 36.1 cm³/mol. The number of rotatable bonds is 1. The normalized spacial score (nSPS) is 16.1. The number of hydrogen-bond acceptors (Lipinski definition) is 1. The van der Waals surface area contributed by atoms with Crippen LogP contribution in [0.25, 0.3) is 0 Å². The van der Waals surface area contributed by atoms with Gasteiger partial charge < -0.3 is 4.74 Å². The molecule has 0 N–H and O–H groups in total. The summed E-state index contributed by atoms with van der Waals surface area (Å²) in [4.78, 5) is 0. The Kier molecular flexibility index (Phi) is 2.78. The van der Waals surface area contributed by atoms with Crippen molar-refractivity contribution in [2.24, 2.45) is 5.41 Å². The molecule has 0 aliphatic heterocycles. The van der Waals surface area contributed by atoms with Gasteiger partial charge in [0.25, 0.3) is 0 Å². The Bertz CT molecular complexity index is 65.4. The van der Waals surface area contributed by atoms with Crippen molar-refractivity contribution in [2.45, 2.75) is 26.3 Å². The third-order valence-electron chi connectivity index (χ3n) is 0.888. The van der Waals surface area contributed by atoms with Crippen molar-refractivity contribution in [3.05, 3.63) is 0 Å². The van der Waals surface area contributed by atoms with Crippen LogP contribution in [0.15, 0.2) is 0 Å². The average molecular weight is 137 g/mol. The number of methoxy groups -OCH3 is 1. The Labute approximate surface area is 56.0 Å². The predicted octanol–water partition coefficient (Wildman–Crippen LogP) is 2.24. The smallest absolute Gasteiger partial charge is 0.135 e. The summed E-state index contributed by atoms with van der Waals surface area (Å²) in [5.41, 5.74) is -0.126. The molecule has 0 spiro atoms. The Morgan fingerprint density at radius 1 is 1.38 bits per heavy atom. The molecule has 50 valence electrons. The lowest BCUT2D eigenvalue weighted by atomic mass is 9.98. The Morgan fingerprint density at radius 2 is 1.75 bits per heavy atom. The highest BCUT2D eigenvalue weighted by Gasteiger charge is 2.20. The molecule has 0 amide bonds. The van der Waals surface area contributed by atoms with Gasteiger partial charge in [0, 0.05) is 12.5 Å². The van der Waals surface area contributed by atoms with Gasteiger partial charge in [-0.1, -0.05) is 32.4 Å². The van der Waals surface area contributed by atoms with Gasteiger partial charge in [0.1, 0.15) is 5.56 Å². The van der Waals surface area contributed by atoms with Gasteiger partial charge in [-0.2, -0.15) is 0 Å². The van der Waals surface area contributed by atoms with Crippen LogP contribution in [0, 0.1) is 5.41 Å². The van der Waals surface area contributed by atoms with Gasteiger partial charge in [-0.25, -0.2) is 0 Å². The van der Waals surface area contributed by atoms with E-state index in [-0.39, 0.29) is 11.0 Å². The molecule has 0 heterocycles. The molecule has 1 nitrogen and oxygen atoms in total. The van der Waals surface area contributed by atoms with Gasteiger partial charge in [0.15, 0.2) is 0 Å². The second kappa shape index (κ2) is 2.70. The summed E-state index contributed by atoms with van der Waals surface area (Å²) in [6.07, 6.45) is 0. The second-order valence-corrected chi connectivity index (χ2v) is 3.31. The number of alkyl halides is 1. The Morgan fingerprint density at radius 3 is 1.75 bits per heavy atom. The SMILES string of the molecule is COC(Cl)C(C)(C)C. The van der Waals surface area contributed by atoms with E-state index in [2.05, 4.69) is 0 Å². The summed E-state index contributed by atoms with van der Waals surface area (Å²) in [5.74, 6) is 0. The fourth-order valence-corrected chi connectivity index (χ4v) is 0.354. The second-order valence-electron chi connectivity index (χ2n) is 2.92. The van der Waals surface area contributed by atoms with Gasteiger partial charge in [-0.15, -0.1) is 0 Å². The van der Waals surface area contributed by atoms with E-state index < -0.39 is 0 Å².